The minimum Gasteiger partial charge on any atom is -0.467 e. The first-order valence-corrected chi connectivity index (χ1v) is 11.2. The van der Waals surface area contributed by atoms with Crippen molar-refractivity contribution in [2.45, 2.75) is 23.9 Å². The van der Waals surface area contributed by atoms with E-state index in [1.54, 1.807) is 10.9 Å². The second kappa shape index (κ2) is 8.97. The Morgan fingerprint density at radius 3 is 2.53 bits per heavy atom. The molecule has 3 aromatic heterocycles. The van der Waals surface area contributed by atoms with Gasteiger partial charge in [0.05, 0.1) is 23.7 Å². The first-order valence-electron chi connectivity index (χ1n) is 9.91. The van der Waals surface area contributed by atoms with Crippen molar-refractivity contribution < 1.29 is 4.42 Å². The smallest absolute Gasteiger partial charge is 0.192 e. The molecule has 0 fully saturated rings. The Balaban J connectivity index is 1.49. The van der Waals surface area contributed by atoms with Crippen LogP contribution in [0.25, 0.3) is 17.1 Å². The molecule has 0 aliphatic heterocycles. The van der Waals surface area contributed by atoms with Crippen LogP contribution in [0, 0.1) is 0 Å². The Kier molecular flexibility index (Phi) is 5.74. The van der Waals surface area contributed by atoms with Crippen LogP contribution in [0.3, 0.4) is 0 Å². The SMILES string of the molecule is CC(Sc1nnc(-c2ccc(Cl)cc2)n1Cc1ccco1)c1nnnn1-c1ccccc1. The number of benzene rings is 2. The van der Waals surface area contributed by atoms with Crippen LogP contribution in [0.2, 0.25) is 5.02 Å². The Hall–Kier alpha value is -3.43. The molecule has 5 rings (SSSR count). The Morgan fingerprint density at radius 2 is 1.78 bits per heavy atom. The molecule has 2 aromatic carbocycles. The van der Waals surface area contributed by atoms with Gasteiger partial charge in [-0.3, -0.25) is 4.57 Å². The molecule has 1 unspecified atom stereocenters. The maximum Gasteiger partial charge on any atom is 0.192 e. The predicted molar refractivity (Wildman–Crippen MR) is 122 cm³/mol. The molecule has 0 aliphatic carbocycles. The summed E-state index contributed by atoms with van der Waals surface area (Å²) in [5, 5.41) is 22.6. The zero-order chi connectivity index (χ0) is 21.9. The number of para-hydroxylation sites is 1. The first kappa shape index (κ1) is 20.5. The molecule has 32 heavy (non-hydrogen) atoms. The topological polar surface area (TPSA) is 87.4 Å². The van der Waals surface area contributed by atoms with E-state index in [1.165, 1.54) is 11.8 Å². The number of aromatic nitrogens is 7. The minimum atomic E-state index is -0.0807. The summed E-state index contributed by atoms with van der Waals surface area (Å²) in [7, 11) is 0. The average molecular weight is 464 g/mol. The van der Waals surface area contributed by atoms with E-state index in [0.717, 1.165) is 33.8 Å². The highest BCUT2D eigenvalue weighted by molar-refractivity contribution is 7.99. The fourth-order valence-corrected chi connectivity index (χ4v) is 4.36. The third-order valence-corrected chi connectivity index (χ3v) is 6.18. The summed E-state index contributed by atoms with van der Waals surface area (Å²) in [6.45, 7) is 2.54. The molecule has 8 nitrogen and oxygen atoms in total. The van der Waals surface area contributed by atoms with Gasteiger partial charge in [0.15, 0.2) is 16.8 Å². The molecule has 10 heteroatoms. The number of tetrazole rings is 1. The Bertz CT molecular complexity index is 1300. The predicted octanol–water partition coefficient (Wildman–Crippen LogP) is 5.07. The third-order valence-electron chi connectivity index (χ3n) is 4.85. The highest BCUT2D eigenvalue weighted by Gasteiger charge is 2.22. The lowest BCUT2D eigenvalue weighted by atomic mass is 10.2. The summed E-state index contributed by atoms with van der Waals surface area (Å²) >= 11 is 7.60. The molecular weight excluding hydrogens is 446 g/mol. The van der Waals surface area contributed by atoms with Gasteiger partial charge in [-0.2, -0.15) is 4.68 Å². The van der Waals surface area contributed by atoms with E-state index in [4.69, 9.17) is 16.0 Å². The largest absolute Gasteiger partial charge is 0.467 e. The van der Waals surface area contributed by atoms with E-state index in [-0.39, 0.29) is 5.25 Å². The monoisotopic (exact) mass is 463 g/mol. The molecular formula is C22H18ClN7OS. The summed E-state index contributed by atoms with van der Waals surface area (Å²) < 4.78 is 9.35. The van der Waals surface area contributed by atoms with Crippen molar-refractivity contribution in [1.82, 2.24) is 35.0 Å². The highest BCUT2D eigenvalue weighted by atomic mass is 35.5. The van der Waals surface area contributed by atoms with Gasteiger partial charge in [0.2, 0.25) is 0 Å². The summed E-state index contributed by atoms with van der Waals surface area (Å²) in [5.74, 6) is 2.26. The number of halogens is 1. The summed E-state index contributed by atoms with van der Waals surface area (Å²) in [5.41, 5.74) is 1.82. The van der Waals surface area contributed by atoms with Crippen molar-refractivity contribution in [1.29, 1.82) is 0 Å². The number of thioether (sulfide) groups is 1. The molecule has 0 N–H and O–H groups in total. The standard InChI is InChI=1S/C22H18ClN7OS/c1-15(20-25-27-28-30(20)18-6-3-2-4-7-18)32-22-26-24-21(16-9-11-17(23)12-10-16)29(22)14-19-8-5-13-31-19/h2-13,15H,14H2,1H3. The van der Waals surface area contributed by atoms with Gasteiger partial charge < -0.3 is 4.42 Å². The minimum absolute atomic E-state index is 0.0807. The molecule has 0 saturated carbocycles. The van der Waals surface area contributed by atoms with E-state index < -0.39 is 0 Å². The molecule has 3 heterocycles. The lowest BCUT2D eigenvalue weighted by Gasteiger charge is -2.13. The van der Waals surface area contributed by atoms with Crippen LogP contribution in [0.4, 0.5) is 0 Å². The van der Waals surface area contributed by atoms with Gasteiger partial charge in [-0.05, 0) is 65.9 Å². The average Bonchev–Trinajstić information content (AvgIpc) is 3.57. The van der Waals surface area contributed by atoms with Crippen molar-refractivity contribution in [2.24, 2.45) is 0 Å². The van der Waals surface area contributed by atoms with Gasteiger partial charge in [0.1, 0.15) is 5.76 Å². The van der Waals surface area contributed by atoms with Crippen molar-refractivity contribution in [3.8, 4) is 17.1 Å². The van der Waals surface area contributed by atoms with E-state index in [0.29, 0.717) is 11.6 Å². The van der Waals surface area contributed by atoms with E-state index >= 15 is 0 Å². The molecule has 160 valence electrons. The van der Waals surface area contributed by atoms with Crippen LogP contribution in [-0.2, 0) is 6.54 Å². The molecule has 0 amide bonds. The lowest BCUT2D eigenvalue weighted by Crippen LogP contribution is -2.07. The molecule has 0 spiro atoms. The second-order valence-electron chi connectivity index (χ2n) is 7.02. The Morgan fingerprint density at radius 1 is 0.969 bits per heavy atom. The quantitative estimate of drug-likeness (QED) is 0.311. The lowest BCUT2D eigenvalue weighted by molar-refractivity contribution is 0.485. The van der Waals surface area contributed by atoms with E-state index in [2.05, 4.69) is 25.7 Å². The van der Waals surface area contributed by atoms with Crippen LogP contribution in [0.5, 0.6) is 0 Å². The molecule has 5 aromatic rings. The first-order chi connectivity index (χ1) is 15.7. The van der Waals surface area contributed by atoms with Gasteiger partial charge >= 0.3 is 0 Å². The maximum atomic E-state index is 6.07. The fourth-order valence-electron chi connectivity index (χ4n) is 3.30. The van der Waals surface area contributed by atoms with Crippen molar-refractivity contribution in [3.63, 3.8) is 0 Å². The number of nitrogens with zero attached hydrogens (tertiary/aromatic N) is 7. The summed E-state index contributed by atoms with van der Waals surface area (Å²) in [4.78, 5) is 0. The van der Waals surface area contributed by atoms with Crippen molar-refractivity contribution in [3.05, 3.63) is 89.6 Å². The van der Waals surface area contributed by atoms with Crippen LogP contribution in [0.15, 0.2) is 82.6 Å². The van der Waals surface area contributed by atoms with Crippen LogP contribution in [-0.4, -0.2) is 35.0 Å². The molecule has 1 atom stereocenters. The van der Waals surface area contributed by atoms with Crippen LogP contribution >= 0.6 is 23.4 Å². The molecule has 0 radical (unpaired) electrons. The normalized spacial score (nSPS) is 12.2. The number of furan rings is 1. The van der Waals surface area contributed by atoms with Crippen LogP contribution in [0.1, 0.15) is 23.8 Å². The van der Waals surface area contributed by atoms with Crippen molar-refractivity contribution >= 4 is 23.4 Å². The maximum absolute atomic E-state index is 6.07. The third kappa shape index (κ3) is 4.17. The van der Waals surface area contributed by atoms with E-state index in [9.17, 15) is 0 Å². The molecule has 0 bridgehead atoms. The van der Waals surface area contributed by atoms with Gasteiger partial charge in [-0.1, -0.05) is 41.6 Å². The number of rotatable bonds is 7. The van der Waals surface area contributed by atoms with Crippen molar-refractivity contribution in [2.75, 3.05) is 0 Å². The highest BCUT2D eigenvalue weighted by Crippen LogP contribution is 2.35. The van der Waals surface area contributed by atoms with Gasteiger partial charge in [0.25, 0.3) is 0 Å². The zero-order valence-electron chi connectivity index (χ0n) is 17.0. The van der Waals surface area contributed by atoms with Gasteiger partial charge in [-0.25, -0.2) is 0 Å². The summed E-state index contributed by atoms with van der Waals surface area (Å²) in [6, 6.07) is 21.1. The zero-order valence-corrected chi connectivity index (χ0v) is 18.6. The Labute approximate surface area is 193 Å². The molecule has 0 saturated heterocycles. The number of hydrogen-bond acceptors (Lipinski definition) is 7. The second-order valence-corrected chi connectivity index (χ2v) is 8.77. The van der Waals surface area contributed by atoms with Crippen LogP contribution < -0.4 is 0 Å². The van der Waals surface area contributed by atoms with Gasteiger partial charge in [0, 0.05) is 10.6 Å². The summed E-state index contributed by atoms with van der Waals surface area (Å²) in [6.07, 6.45) is 1.66. The van der Waals surface area contributed by atoms with E-state index in [1.807, 2.05) is 78.2 Å². The number of hydrogen-bond donors (Lipinski definition) is 0. The fraction of sp³-hybridized carbons (Fsp3) is 0.136. The molecule has 0 aliphatic rings. The van der Waals surface area contributed by atoms with Gasteiger partial charge in [-0.15, -0.1) is 15.3 Å².